The third-order valence-electron chi connectivity index (χ3n) is 4.59. The number of aromatic nitrogens is 6. The van der Waals surface area contributed by atoms with E-state index in [1.807, 2.05) is 47.0 Å². The molecule has 150 valence electrons. The van der Waals surface area contributed by atoms with Gasteiger partial charge in [-0.15, -0.1) is 38.3 Å². The minimum absolute atomic E-state index is 0.118. The molecule has 0 fully saturated rings. The number of para-hydroxylation sites is 1. The van der Waals surface area contributed by atoms with Gasteiger partial charge in [0.15, 0.2) is 5.16 Å². The summed E-state index contributed by atoms with van der Waals surface area (Å²) in [5.74, 6) is 1.48. The lowest BCUT2D eigenvalue weighted by Gasteiger charge is -2.10. The number of thiophene rings is 1. The maximum Gasteiger partial charge on any atom is 0.263 e. The molecule has 0 saturated carbocycles. The van der Waals surface area contributed by atoms with Crippen LogP contribution in [0.1, 0.15) is 18.1 Å². The molecule has 30 heavy (non-hydrogen) atoms. The van der Waals surface area contributed by atoms with Crippen LogP contribution in [0.2, 0.25) is 0 Å². The largest absolute Gasteiger partial charge is 0.419 e. The fourth-order valence-electron chi connectivity index (χ4n) is 3.21. The number of allylic oxidation sites excluding steroid dienone is 1. The number of hydrogen-bond donors (Lipinski definition) is 0. The first-order chi connectivity index (χ1) is 14.7. The molecule has 0 aliphatic heterocycles. The first-order valence-electron chi connectivity index (χ1n) is 9.19. The van der Waals surface area contributed by atoms with Gasteiger partial charge >= 0.3 is 0 Å². The zero-order chi connectivity index (χ0) is 20.7. The van der Waals surface area contributed by atoms with E-state index in [2.05, 4.69) is 27.0 Å². The maximum absolute atomic E-state index is 12.9. The van der Waals surface area contributed by atoms with Gasteiger partial charge in [0.1, 0.15) is 0 Å². The molecule has 5 aromatic rings. The fourth-order valence-corrected chi connectivity index (χ4v) is 4.74. The summed E-state index contributed by atoms with van der Waals surface area (Å²) in [7, 11) is 0. The predicted molar refractivity (Wildman–Crippen MR) is 117 cm³/mol. The van der Waals surface area contributed by atoms with Crippen molar-refractivity contribution in [3.05, 3.63) is 70.7 Å². The van der Waals surface area contributed by atoms with E-state index in [4.69, 9.17) is 4.42 Å². The third kappa shape index (κ3) is 3.04. The second-order valence-electron chi connectivity index (χ2n) is 6.52. The molecule has 5 rings (SSSR count). The molecular formula is C20H16N6O2S2. The first-order valence-corrected chi connectivity index (χ1v) is 10.9. The zero-order valence-corrected chi connectivity index (χ0v) is 17.6. The zero-order valence-electron chi connectivity index (χ0n) is 15.9. The number of thioether (sulfide) groups is 1. The fraction of sp³-hybridized carbons (Fsp3) is 0.150. The van der Waals surface area contributed by atoms with E-state index in [9.17, 15) is 4.79 Å². The Morgan fingerprint density at radius 3 is 2.87 bits per heavy atom. The molecule has 0 aliphatic rings. The smallest absolute Gasteiger partial charge is 0.263 e. The highest BCUT2D eigenvalue weighted by atomic mass is 32.2. The van der Waals surface area contributed by atoms with Crippen LogP contribution in [0, 0.1) is 0 Å². The van der Waals surface area contributed by atoms with Crippen LogP contribution in [0.25, 0.3) is 27.4 Å². The Hall–Kier alpha value is -3.24. The lowest BCUT2D eigenvalue weighted by atomic mass is 10.2. The summed E-state index contributed by atoms with van der Waals surface area (Å²) in [4.78, 5) is 13.8. The lowest BCUT2D eigenvalue weighted by Crippen LogP contribution is -2.22. The molecule has 0 aliphatic carbocycles. The molecule has 0 saturated heterocycles. The normalized spacial score (nSPS) is 12.6. The van der Waals surface area contributed by atoms with Crippen LogP contribution in [-0.2, 0) is 6.54 Å². The van der Waals surface area contributed by atoms with Gasteiger partial charge in [-0.1, -0.05) is 36.0 Å². The van der Waals surface area contributed by atoms with Crippen LogP contribution >= 0.6 is 23.1 Å². The molecule has 0 bridgehead atoms. The average Bonchev–Trinajstić information content (AvgIpc) is 3.51. The SMILES string of the molecule is C=CCn1c(=O)c2ccccc2n2c(SC(C)c3nnc(-c4cccs4)o3)nnc12. The number of nitrogens with zero attached hydrogens (tertiary/aromatic N) is 6. The Bertz CT molecular complexity index is 1420. The van der Waals surface area contributed by atoms with Crippen molar-refractivity contribution in [2.24, 2.45) is 0 Å². The van der Waals surface area contributed by atoms with Crippen molar-refractivity contribution >= 4 is 39.8 Å². The van der Waals surface area contributed by atoms with Crippen LogP contribution in [0.3, 0.4) is 0 Å². The molecular weight excluding hydrogens is 420 g/mol. The molecule has 1 aromatic carbocycles. The Labute approximate surface area is 178 Å². The molecule has 8 nitrogen and oxygen atoms in total. The van der Waals surface area contributed by atoms with Crippen LogP contribution in [0.5, 0.6) is 0 Å². The van der Waals surface area contributed by atoms with Gasteiger partial charge < -0.3 is 4.42 Å². The summed E-state index contributed by atoms with van der Waals surface area (Å²) >= 11 is 2.99. The molecule has 0 radical (unpaired) electrons. The van der Waals surface area contributed by atoms with Gasteiger partial charge in [-0.25, -0.2) is 0 Å². The minimum Gasteiger partial charge on any atom is -0.419 e. The molecule has 1 atom stereocenters. The van der Waals surface area contributed by atoms with Crippen LogP contribution in [0.4, 0.5) is 0 Å². The van der Waals surface area contributed by atoms with Gasteiger partial charge in [0.2, 0.25) is 11.7 Å². The molecule has 0 N–H and O–H groups in total. The second kappa shape index (κ2) is 7.54. The summed E-state index contributed by atoms with van der Waals surface area (Å²) in [6, 6.07) is 11.3. The Balaban J connectivity index is 1.58. The van der Waals surface area contributed by atoms with Crippen molar-refractivity contribution in [2.45, 2.75) is 23.9 Å². The Morgan fingerprint density at radius 1 is 1.20 bits per heavy atom. The van der Waals surface area contributed by atoms with E-state index in [1.165, 1.54) is 11.8 Å². The van der Waals surface area contributed by atoms with Crippen LogP contribution in [-0.4, -0.2) is 29.4 Å². The molecule has 0 amide bonds. The van der Waals surface area contributed by atoms with E-state index in [-0.39, 0.29) is 10.8 Å². The van der Waals surface area contributed by atoms with E-state index in [0.717, 1.165) is 10.4 Å². The number of benzene rings is 1. The number of fused-ring (bicyclic) bond motifs is 3. The van der Waals surface area contributed by atoms with Crippen molar-refractivity contribution in [3.63, 3.8) is 0 Å². The van der Waals surface area contributed by atoms with Crippen molar-refractivity contribution in [1.29, 1.82) is 0 Å². The highest BCUT2D eigenvalue weighted by molar-refractivity contribution is 7.99. The first kappa shape index (κ1) is 18.8. The van der Waals surface area contributed by atoms with E-state index >= 15 is 0 Å². The van der Waals surface area contributed by atoms with Crippen LogP contribution < -0.4 is 5.56 Å². The van der Waals surface area contributed by atoms with Gasteiger partial charge in [-0.3, -0.25) is 13.8 Å². The van der Waals surface area contributed by atoms with Gasteiger partial charge in [0.25, 0.3) is 11.4 Å². The summed E-state index contributed by atoms with van der Waals surface area (Å²) < 4.78 is 9.32. The van der Waals surface area contributed by atoms with Gasteiger partial charge in [0, 0.05) is 6.54 Å². The van der Waals surface area contributed by atoms with Crippen molar-refractivity contribution in [3.8, 4) is 10.8 Å². The van der Waals surface area contributed by atoms with Crippen molar-refractivity contribution in [1.82, 2.24) is 29.4 Å². The Kier molecular flexibility index (Phi) is 4.72. The summed E-state index contributed by atoms with van der Waals surface area (Å²) in [5.41, 5.74) is 0.634. The molecule has 4 aromatic heterocycles. The quantitative estimate of drug-likeness (QED) is 0.291. The van der Waals surface area contributed by atoms with E-state index in [0.29, 0.717) is 34.6 Å². The monoisotopic (exact) mass is 436 g/mol. The number of rotatable bonds is 6. The maximum atomic E-state index is 12.9. The topological polar surface area (TPSA) is 91.1 Å². The molecule has 1 unspecified atom stereocenters. The highest BCUT2D eigenvalue weighted by Crippen LogP contribution is 2.35. The summed E-state index contributed by atoms with van der Waals surface area (Å²) in [6.07, 6.45) is 1.67. The van der Waals surface area contributed by atoms with Crippen LogP contribution in [0.15, 0.2) is 68.8 Å². The highest BCUT2D eigenvalue weighted by Gasteiger charge is 2.22. The predicted octanol–water partition coefficient (Wildman–Crippen LogP) is 4.20. The molecule has 0 spiro atoms. The average molecular weight is 437 g/mol. The van der Waals surface area contributed by atoms with Crippen molar-refractivity contribution in [2.75, 3.05) is 0 Å². The number of hydrogen-bond acceptors (Lipinski definition) is 8. The molecule has 10 heteroatoms. The standard InChI is InChI=1S/C20H16N6O2S2/c1-3-10-25-18(27)13-7-4-5-8-14(13)26-19(25)23-24-20(26)30-12(2)16-21-22-17(28-16)15-9-6-11-29-15/h3-9,11-12H,1,10H2,2H3. The summed E-state index contributed by atoms with van der Waals surface area (Å²) in [6.45, 7) is 6.07. The minimum atomic E-state index is -0.155. The van der Waals surface area contributed by atoms with E-state index < -0.39 is 0 Å². The third-order valence-corrected chi connectivity index (χ3v) is 6.48. The summed E-state index contributed by atoms with van der Waals surface area (Å²) in [5, 5.41) is 20.0. The van der Waals surface area contributed by atoms with Crippen molar-refractivity contribution < 1.29 is 4.42 Å². The molecule has 4 heterocycles. The second-order valence-corrected chi connectivity index (χ2v) is 8.78. The lowest BCUT2D eigenvalue weighted by molar-refractivity contribution is 0.510. The van der Waals surface area contributed by atoms with Gasteiger partial charge in [-0.2, -0.15) is 0 Å². The Morgan fingerprint density at radius 2 is 2.07 bits per heavy atom. The van der Waals surface area contributed by atoms with E-state index in [1.54, 1.807) is 28.0 Å². The van der Waals surface area contributed by atoms with Gasteiger partial charge in [0.05, 0.1) is 21.0 Å². The van der Waals surface area contributed by atoms with Gasteiger partial charge in [-0.05, 0) is 30.5 Å².